The second kappa shape index (κ2) is 8.08. The predicted molar refractivity (Wildman–Crippen MR) is 114 cm³/mol. The van der Waals surface area contributed by atoms with Crippen LogP contribution in [0, 0.1) is 13.8 Å². The minimum atomic E-state index is -0.487. The Hall–Kier alpha value is -3.42. The lowest BCUT2D eigenvalue weighted by molar-refractivity contribution is 0.262. The van der Waals surface area contributed by atoms with E-state index in [1.165, 1.54) is 4.68 Å². The second-order valence-electron chi connectivity index (χ2n) is 6.66. The number of urea groups is 1. The van der Waals surface area contributed by atoms with E-state index >= 15 is 0 Å². The first kappa shape index (κ1) is 19.3. The van der Waals surface area contributed by atoms with Crippen molar-refractivity contribution in [2.24, 2.45) is 0 Å². The summed E-state index contributed by atoms with van der Waals surface area (Å²) in [6.45, 7) is 5.96. The van der Waals surface area contributed by atoms with E-state index in [0.717, 1.165) is 22.2 Å². The van der Waals surface area contributed by atoms with Gasteiger partial charge in [-0.25, -0.2) is 9.48 Å². The van der Waals surface area contributed by atoms with Gasteiger partial charge in [-0.3, -0.25) is 9.78 Å². The number of carbonyl (C=O) groups is 1. The highest BCUT2D eigenvalue weighted by Gasteiger charge is 2.13. The summed E-state index contributed by atoms with van der Waals surface area (Å²) in [7, 11) is 1.99. The number of aromatic nitrogens is 3. The third-order valence-corrected chi connectivity index (χ3v) is 4.40. The van der Waals surface area contributed by atoms with Crippen molar-refractivity contribution < 1.29 is 4.79 Å². The van der Waals surface area contributed by atoms with Gasteiger partial charge >= 0.3 is 6.03 Å². The zero-order chi connectivity index (χ0) is 20.3. The number of aryl methyl sites for hydroxylation is 3. The SMILES string of the molecule is Bc1cccc(-c2cc(NC(=O)Nc3c(C)cncc3C)c(=O)n(CC)n2)c1. The van der Waals surface area contributed by atoms with Crippen molar-refractivity contribution in [2.75, 3.05) is 10.6 Å². The molecule has 3 rings (SSSR count). The molecule has 3 aromatic rings. The van der Waals surface area contributed by atoms with E-state index in [9.17, 15) is 9.59 Å². The molecule has 0 fully saturated rings. The minimum Gasteiger partial charge on any atom is -0.307 e. The van der Waals surface area contributed by atoms with Gasteiger partial charge < -0.3 is 10.6 Å². The predicted octanol–water partition coefficient (Wildman–Crippen LogP) is 1.84. The molecule has 0 spiro atoms. The molecule has 0 bridgehead atoms. The van der Waals surface area contributed by atoms with E-state index in [2.05, 4.69) is 20.7 Å². The molecule has 2 amide bonds. The number of rotatable bonds is 4. The molecule has 0 aliphatic rings. The third-order valence-electron chi connectivity index (χ3n) is 4.40. The molecule has 8 heteroatoms. The highest BCUT2D eigenvalue weighted by molar-refractivity contribution is 6.32. The number of nitrogens with zero attached hydrogens (tertiary/aromatic N) is 3. The molecular formula is C20H22BN5O2. The zero-order valence-electron chi connectivity index (χ0n) is 16.4. The summed E-state index contributed by atoms with van der Waals surface area (Å²) in [5, 5.41) is 9.88. The lowest BCUT2D eigenvalue weighted by Crippen LogP contribution is -2.30. The molecule has 0 radical (unpaired) electrons. The average molecular weight is 375 g/mol. The molecule has 0 unspecified atom stereocenters. The summed E-state index contributed by atoms with van der Waals surface area (Å²) in [5.41, 5.74) is 4.78. The monoisotopic (exact) mass is 375 g/mol. The summed E-state index contributed by atoms with van der Waals surface area (Å²) < 4.78 is 1.34. The number of hydrogen-bond acceptors (Lipinski definition) is 4. The summed E-state index contributed by atoms with van der Waals surface area (Å²) in [4.78, 5) is 29.2. The molecule has 0 aliphatic heterocycles. The Morgan fingerprint density at radius 3 is 2.50 bits per heavy atom. The molecule has 0 saturated heterocycles. The number of benzene rings is 1. The van der Waals surface area contributed by atoms with Gasteiger partial charge in [0.05, 0.1) is 11.4 Å². The van der Waals surface area contributed by atoms with Crippen molar-refractivity contribution in [2.45, 2.75) is 27.3 Å². The lowest BCUT2D eigenvalue weighted by Gasteiger charge is -2.13. The van der Waals surface area contributed by atoms with E-state index in [-0.39, 0.29) is 11.2 Å². The summed E-state index contributed by atoms with van der Waals surface area (Å²) in [6.07, 6.45) is 3.35. The van der Waals surface area contributed by atoms with Crippen molar-refractivity contribution in [1.29, 1.82) is 0 Å². The van der Waals surface area contributed by atoms with Crippen LogP contribution in [0.2, 0.25) is 0 Å². The van der Waals surface area contributed by atoms with E-state index in [1.807, 2.05) is 52.9 Å². The Kier molecular flexibility index (Phi) is 5.58. The van der Waals surface area contributed by atoms with Crippen molar-refractivity contribution in [3.8, 4) is 11.3 Å². The maximum atomic E-state index is 12.6. The molecule has 1 aromatic carbocycles. The topological polar surface area (TPSA) is 88.9 Å². The molecule has 2 heterocycles. The van der Waals surface area contributed by atoms with Gasteiger partial charge in [0.2, 0.25) is 0 Å². The molecule has 2 N–H and O–H groups in total. The van der Waals surface area contributed by atoms with Crippen molar-refractivity contribution in [1.82, 2.24) is 14.8 Å². The largest absolute Gasteiger partial charge is 0.323 e. The van der Waals surface area contributed by atoms with Crippen LogP contribution < -0.4 is 21.7 Å². The normalized spacial score (nSPS) is 10.5. The molecule has 0 aliphatic carbocycles. The Morgan fingerprint density at radius 2 is 1.86 bits per heavy atom. The molecule has 2 aromatic heterocycles. The Balaban J connectivity index is 1.94. The summed E-state index contributed by atoms with van der Waals surface area (Å²) >= 11 is 0. The highest BCUT2D eigenvalue weighted by Crippen LogP contribution is 2.19. The van der Waals surface area contributed by atoms with E-state index < -0.39 is 6.03 Å². The maximum absolute atomic E-state index is 12.6. The van der Waals surface area contributed by atoms with E-state index in [1.54, 1.807) is 18.5 Å². The summed E-state index contributed by atoms with van der Waals surface area (Å²) in [6, 6.07) is 8.95. The Labute approximate surface area is 164 Å². The smallest absolute Gasteiger partial charge is 0.307 e. The number of amides is 2. The average Bonchev–Trinajstić information content (AvgIpc) is 2.66. The standard InChI is InChI=1S/C20H22BN5O2/c1-4-26-19(27)17(9-16(25-26)14-6-5-7-15(21)8-14)23-20(28)24-18-12(2)10-22-11-13(18)3/h5-11H,4,21H2,1-3H3,(H2,22,23,24,28). The third kappa shape index (κ3) is 4.11. The van der Waals surface area contributed by atoms with Crippen LogP contribution in [0.1, 0.15) is 18.1 Å². The fourth-order valence-electron chi connectivity index (χ4n) is 2.96. The van der Waals surface area contributed by atoms with Crippen molar-refractivity contribution in [3.05, 3.63) is 64.2 Å². The molecule has 0 saturated carbocycles. The number of hydrogen-bond donors (Lipinski definition) is 2. The maximum Gasteiger partial charge on any atom is 0.323 e. The van der Waals surface area contributed by atoms with Crippen molar-refractivity contribution >= 4 is 30.7 Å². The first-order chi connectivity index (χ1) is 13.4. The first-order valence-electron chi connectivity index (χ1n) is 9.07. The van der Waals surface area contributed by atoms with Gasteiger partial charge in [0.15, 0.2) is 0 Å². The highest BCUT2D eigenvalue weighted by atomic mass is 16.2. The molecular weight excluding hydrogens is 353 g/mol. The van der Waals surface area contributed by atoms with Gasteiger partial charge in [-0.15, -0.1) is 0 Å². The molecule has 142 valence electrons. The van der Waals surface area contributed by atoms with Crippen LogP contribution in [0.3, 0.4) is 0 Å². The van der Waals surface area contributed by atoms with Crippen LogP contribution in [0.4, 0.5) is 16.2 Å². The van der Waals surface area contributed by atoms with Crippen LogP contribution in [0.25, 0.3) is 11.3 Å². The fourth-order valence-corrected chi connectivity index (χ4v) is 2.96. The second-order valence-corrected chi connectivity index (χ2v) is 6.66. The van der Waals surface area contributed by atoms with E-state index in [0.29, 0.717) is 17.9 Å². The Morgan fingerprint density at radius 1 is 1.14 bits per heavy atom. The zero-order valence-corrected chi connectivity index (χ0v) is 16.4. The van der Waals surface area contributed by atoms with Gasteiger partial charge in [-0.1, -0.05) is 29.7 Å². The van der Waals surface area contributed by atoms with Gasteiger partial charge in [0, 0.05) is 24.5 Å². The van der Waals surface area contributed by atoms with Gasteiger partial charge in [-0.05, 0) is 38.0 Å². The quantitative estimate of drug-likeness (QED) is 0.681. The minimum absolute atomic E-state index is 0.176. The number of nitrogens with one attached hydrogen (secondary N) is 2. The van der Waals surface area contributed by atoms with Gasteiger partial charge in [0.25, 0.3) is 5.56 Å². The molecule has 0 atom stereocenters. The molecule has 28 heavy (non-hydrogen) atoms. The van der Waals surface area contributed by atoms with Crippen LogP contribution in [-0.4, -0.2) is 28.6 Å². The van der Waals surface area contributed by atoms with Crippen LogP contribution in [-0.2, 0) is 6.54 Å². The number of carbonyl (C=O) groups excluding carboxylic acids is 1. The van der Waals surface area contributed by atoms with Crippen LogP contribution in [0.5, 0.6) is 0 Å². The number of pyridine rings is 1. The van der Waals surface area contributed by atoms with Gasteiger partial charge in [-0.2, -0.15) is 5.10 Å². The lowest BCUT2D eigenvalue weighted by atomic mass is 9.94. The van der Waals surface area contributed by atoms with Crippen LogP contribution in [0.15, 0.2) is 47.5 Å². The molecule has 7 nitrogen and oxygen atoms in total. The summed E-state index contributed by atoms with van der Waals surface area (Å²) in [5.74, 6) is 0. The van der Waals surface area contributed by atoms with Crippen LogP contribution >= 0.6 is 0 Å². The first-order valence-corrected chi connectivity index (χ1v) is 9.07. The number of anilines is 2. The fraction of sp³-hybridized carbons (Fsp3) is 0.200. The van der Waals surface area contributed by atoms with Crippen molar-refractivity contribution in [3.63, 3.8) is 0 Å². The van der Waals surface area contributed by atoms with E-state index in [4.69, 9.17) is 0 Å². The Bertz CT molecular complexity index is 1070. The van der Waals surface area contributed by atoms with Gasteiger partial charge in [0.1, 0.15) is 13.5 Å².